The Morgan fingerprint density at radius 1 is 0.758 bits per heavy atom. The Labute approximate surface area is 215 Å². The summed E-state index contributed by atoms with van der Waals surface area (Å²) in [6.45, 7) is 3.39. The Morgan fingerprint density at radius 2 is 1.09 bits per heavy atom. The van der Waals surface area contributed by atoms with E-state index in [1.807, 2.05) is 0 Å². The molecule has 0 saturated carbocycles. The van der Waals surface area contributed by atoms with E-state index in [1.165, 1.54) is 0 Å². The third kappa shape index (κ3) is 9.12. The number of rotatable bonds is 11. The predicted molar refractivity (Wildman–Crippen MR) is 122 cm³/mol. The van der Waals surface area contributed by atoms with Crippen LogP contribution in [0.25, 0.3) is 0 Å². The molecule has 2 rings (SSSR count). The van der Waals surface area contributed by atoms with Crippen LogP contribution in [0.5, 0.6) is 11.5 Å². The Morgan fingerprint density at radius 3 is 1.39 bits per heavy atom. The number of aryl methyl sites for hydroxylation is 2. The van der Waals surface area contributed by atoms with E-state index in [1.54, 1.807) is 47.9 Å². The molecule has 0 heterocycles. The third-order valence-corrected chi connectivity index (χ3v) is 5.36. The number of nitrogens with zero attached hydrogens (tertiary/aromatic N) is 2. The molecule has 0 spiro atoms. The van der Waals surface area contributed by atoms with Crippen LogP contribution in [-0.2, 0) is 42.8 Å². The third-order valence-electron chi connectivity index (χ3n) is 4.93. The number of halogens is 2. The van der Waals surface area contributed by atoms with E-state index in [-0.39, 0.29) is 70.9 Å². The van der Waals surface area contributed by atoms with Gasteiger partial charge in [-0.05, 0) is 49.2 Å². The van der Waals surface area contributed by atoms with Gasteiger partial charge in [0.2, 0.25) is 0 Å². The van der Waals surface area contributed by atoms with Gasteiger partial charge in [0, 0.05) is 67.5 Å². The topological polar surface area (TPSA) is 122 Å². The minimum absolute atomic E-state index is 0. The maximum Gasteiger partial charge on any atom is 0.317 e. The molecule has 0 aliphatic heterocycles. The summed E-state index contributed by atoms with van der Waals surface area (Å²) in [6.07, 6.45) is 0. The summed E-state index contributed by atoms with van der Waals surface area (Å²) >= 11 is 12.1. The minimum Gasteiger partial charge on any atom is -0.507 e. The van der Waals surface area contributed by atoms with Crippen LogP contribution < -0.4 is 0 Å². The van der Waals surface area contributed by atoms with Gasteiger partial charge < -0.3 is 20.4 Å². The summed E-state index contributed by atoms with van der Waals surface area (Å²) in [7, 11) is 0. The van der Waals surface area contributed by atoms with Gasteiger partial charge in [-0.1, -0.05) is 23.2 Å². The van der Waals surface area contributed by atoms with Gasteiger partial charge in [-0.2, -0.15) is 0 Å². The van der Waals surface area contributed by atoms with Crippen molar-refractivity contribution in [3.63, 3.8) is 0 Å². The molecule has 0 aliphatic rings. The second-order valence-corrected chi connectivity index (χ2v) is 8.54. The quantitative estimate of drug-likeness (QED) is 0.317. The van der Waals surface area contributed by atoms with E-state index in [0.29, 0.717) is 32.3 Å². The molecule has 0 aliphatic carbocycles. The molecule has 0 bridgehead atoms. The van der Waals surface area contributed by atoms with Crippen molar-refractivity contribution in [2.45, 2.75) is 26.9 Å². The second-order valence-electron chi connectivity index (χ2n) is 7.67. The number of phenolic OH excluding ortho intramolecular Hbond substituents is 2. The van der Waals surface area contributed by atoms with Crippen LogP contribution in [0.15, 0.2) is 24.3 Å². The fourth-order valence-corrected chi connectivity index (χ4v) is 4.02. The fourth-order valence-electron chi connectivity index (χ4n) is 3.43. The summed E-state index contributed by atoms with van der Waals surface area (Å²) in [6, 6.07) is 6.35. The van der Waals surface area contributed by atoms with Crippen molar-refractivity contribution >= 4 is 35.1 Å². The predicted octanol–water partition coefficient (Wildman–Crippen LogP) is 3.49. The van der Waals surface area contributed by atoms with E-state index in [9.17, 15) is 30.0 Å². The first-order valence-electron chi connectivity index (χ1n) is 9.80. The largest absolute Gasteiger partial charge is 0.507 e. The molecular weight excluding hydrogens is 558 g/mol. The first-order valence-corrected chi connectivity index (χ1v) is 10.6. The van der Waals surface area contributed by atoms with Gasteiger partial charge >= 0.3 is 11.9 Å². The van der Waals surface area contributed by atoms with Gasteiger partial charge in [0.15, 0.2) is 0 Å². The van der Waals surface area contributed by atoms with Crippen LogP contribution in [0.4, 0.5) is 0 Å². The number of carboxylic acids is 2. The number of carboxylic acid groups (broad SMARTS) is 2. The number of aromatic hydroxyl groups is 2. The molecule has 0 atom stereocenters. The van der Waals surface area contributed by atoms with Crippen molar-refractivity contribution in [3.05, 3.63) is 56.6 Å². The van der Waals surface area contributed by atoms with Crippen LogP contribution in [0.3, 0.4) is 0 Å². The summed E-state index contributed by atoms with van der Waals surface area (Å²) in [5.74, 6) is -2.05. The maximum absolute atomic E-state index is 11.4. The normalized spacial score (nSPS) is 11.0. The smallest absolute Gasteiger partial charge is 0.317 e. The Hall–Kier alpha value is -1.87. The molecule has 0 unspecified atom stereocenters. The molecule has 0 fully saturated rings. The van der Waals surface area contributed by atoms with Gasteiger partial charge in [-0.25, -0.2) is 0 Å². The van der Waals surface area contributed by atoms with Crippen LogP contribution in [0, 0.1) is 13.8 Å². The number of hydrogen-bond donors (Lipinski definition) is 4. The van der Waals surface area contributed by atoms with E-state index in [4.69, 9.17) is 23.2 Å². The Balaban J connectivity index is 0.00000544. The van der Waals surface area contributed by atoms with Crippen molar-refractivity contribution < 1.29 is 50.1 Å². The molecule has 181 valence electrons. The van der Waals surface area contributed by atoms with Gasteiger partial charge in [0.05, 0.1) is 13.1 Å². The van der Waals surface area contributed by atoms with E-state index >= 15 is 0 Å². The number of carbonyl (C=O) groups is 2. The SMILES string of the molecule is Cc1cc(Cl)cc(CN(CCN(CC(=O)O)Cc2cc(Cl)cc(C)c2O)CC(=O)O)c1O.[99Tc]. The van der Waals surface area contributed by atoms with Gasteiger partial charge in [0.25, 0.3) is 0 Å². The fraction of sp³-hybridized carbons (Fsp3) is 0.364. The van der Waals surface area contributed by atoms with Crippen molar-refractivity contribution in [1.82, 2.24) is 9.80 Å². The Bertz CT molecular complexity index is 926. The van der Waals surface area contributed by atoms with E-state index in [2.05, 4.69) is 0 Å². The van der Waals surface area contributed by atoms with E-state index < -0.39 is 11.9 Å². The Kier molecular flexibility index (Phi) is 11.6. The zero-order chi connectivity index (χ0) is 24.0. The summed E-state index contributed by atoms with van der Waals surface area (Å²) in [5.41, 5.74) is 2.09. The number of aliphatic carboxylic acids is 2. The molecule has 0 saturated heterocycles. The van der Waals surface area contributed by atoms with Gasteiger partial charge in [0.1, 0.15) is 11.5 Å². The molecule has 2 aromatic carbocycles. The minimum atomic E-state index is -1.06. The summed E-state index contributed by atoms with van der Waals surface area (Å²) in [4.78, 5) is 25.9. The van der Waals surface area contributed by atoms with Crippen molar-refractivity contribution in [2.75, 3.05) is 26.2 Å². The average molecular weight is 584 g/mol. The molecule has 33 heavy (non-hydrogen) atoms. The summed E-state index contributed by atoms with van der Waals surface area (Å²) in [5, 5.41) is 40.1. The van der Waals surface area contributed by atoms with Crippen molar-refractivity contribution in [2.24, 2.45) is 0 Å². The molecule has 0 aromatic heterocycles. The van der Waals surface area contributed by atoms with Crippen LogP contribution in [0.1, 0.15) is 22.3 Å². The summed E-state index contributed by atoms with van der Waals surface area (Å²) < 4.78 is 0. The monoisotopic (exact) mass is 583 g/mol. The van der Waals surface area contributed by atoms with Gasteiger partial charge in [-0.3, -0.25) is 19.4 Å². The number of phenols is 2. The molecule has 11 heteroatoms. The molecular formula is C22H26Cl2N2O6Tc. The first-order chi connectivity index (χ1) is 15.0. The van der Waals surface area contributed by atoms with Crippen LogP contribution in [0.2, 0.25) is 10.0 Å². The molecule has 2 aromatic rings. The van der Waals surface area contributed by atoms with Crippen LogP contribution in [-0.4, -0.2) is 68.3 Å². The van der Waals surface area contributed by atoms with Crippen molar-refractivity contribution in [1.29, 1.82) is 0 Å². The molecule has 0 amide bonds. The second kappa shape index (κ2) is 13.1. The zero-order valence-corrected chi connectivity index (χ0v) is 21.6. The standard InChI is InChI=1S/C22H26Cl2N2O6.Tc/c1-13-5-17(23)7-15(21(13)31)9-25(11-19(27)28)3-4-26(12-20(29)30)10-16-8-18(24)6-14(2)22(16)32;/h5-8,31-32H,3-4,9-12H2,1-2H3,(H,27,28)(H,29,30);/i;1+1. The average Bonchev–Trinajstić information content (AvgIpc) is 2.66. The van der Waals surface area contributed by atoms with E-state index in [0.717, 1.165) is 0 Å². The van der Waals surface area contributed by atoms with Gasteiger partial charge in [-0.15, -0.1) is 0 Å². The zero-order valence-electron chi connectivity index (χ0n) is 18.2. The molecule has 1 radical (unpaired) electrons. The molecule has 4 N–H and O–H groups in total. The van der Waals surface area contributed by atoms with Crippen molar-refractivity contribution in [3.8, 4) is 11.5 Å². The number of benzene rings is 2. The first kappa shape index (κ1) is 29.2. The van der Waals surface area contributed by atoms with Crippen LogP contribution >= 0.6 is 23.2 Å². The molecule has 8 nitrogen and oxygen atoms in total. The number of hydrogen-bond acceptors (Lipinski definition) is 6. The maximum atomic E-state index is 11.4.